The molecule has 1 aliphatic carbocycles. The van der Waals surface area contributed by atoms with Gasteiger partial charge in [-0.15, -0.1) is 0 Å². The third-order valence-corrected chi connectivity index (χ3v) is 4.10. The van der Waals surface area contributed by atoms with Crippen LogP contribution in [0.3, 0.4) is 0 Å². The maximum atomic E-state index is 5.12. The maximum Gasteiger partial charge on any atom is 0.166 e. The highest BCUT2D eigenvalue weighted by molar-refractivity contribution is 7.80. The van der Waals surface area contributed by atoms with Crippen LogP contribution in [0.2, 0.25) is 0 Å². The highest BCUT2D eigenvalue weighted by Crippen LogP contribution is 2.36. The predicted octanol–water partition coefficient (Wildman–Crippen LogP) is 2.72. The lowest BCUT2D eigenvalue weighted by Gasteiger charge is -2.19. The molecular formula is C15H18N2S. The van der Waals surface area contributed by atoms with Gasteiger partial charge in [-0.25, -0.2) is 0 Å². The first-order valence-electron chi connectivity index (χ1n) is 6.63. The number of rotatable bonds is 3. The molecule has 0 radical (unpaired) electrons. The van der Waals surface area contributed by atoms with Crippen molar-refractivity contribution in [2.75, 3.05) is 6.54 Å². The topological polar surface area (TPSA) is 24.1 Å². The molecule has 2 N–H and O–H groups in total. The maximum absolute atomic E-state index is 5.12. The minimum Gasteiger partial charge on any atom is -0.361 e. The lowest BCUT2D eigenvalue weighted by Crippen LogP contribution is -2.28. The first-order valence-corrected chi connectivity index (χ1v) is 7.03. The van der Waals surface area contributed by atoms with Crippen LogP contribution in [-0.2, 0) is 0 Å². The standard InChI is InChI=1S/C15H18N2S/c18-15-16-10-13(17-15)9-12-7-4-8-14(12)11-5-2-1-3-6-11/h1-3,5-6,8,12-13H,4,7,9-10H2,(H2,16,17,18). The smallest absolute Gasteiger partial charge is 0.166 e. The van der Waals surface area contributed by atoms with Crippen LogP contribution in [0, 0.1) is 5.92 Å². The van der Waals surface area contributed by atoms with Crippen LogP contribution in [0.25, 0.3) is 5.57 Å². The summed E-state index contributed by atoms with van der Waals surface area (Å²) in [5.41, 5.74) is 2.91. The second-order valence-corrected chi connectivity index (χ2v) is 5.50. The molecule has 0 spiro atoms. The van der Waals surface area contributed by atoms with Gasteiger partial charge < -0.3 is 10.6 Å². The summed E-state index contributed by atoms with van der Waals surface area (Å²) in [6, 6.07) is 11.2. The Morgan fingerprint density at radius 3 is 2.78 bits per heavy atom. The first kappa shape index (κ1) is 11.7. The molecule has 1 fully saturated rings. The summed E-state index contributed by atoms with van der Waals surface area (Å²) in [5.74, 6) is 0.674. The number of hydrogen-bond acceptors (Lipinski definition) is 1. The molecular weight excluding hydrogens is 240 g/mol. The Morgan fingerprint density at radius 2 is 2.06 bits per heavy atom. The van der Waals surface area contributed by atoms with E-state index in [0.717, 1.165) is 11.7 Å². The number of benzene rings is 1. The van der Waals surface area contributed by atoms with Gasteiger partial charge in [-0.1, -0.05) is 36.4 Å². The van der Waals surface area contributed by atoms with E-state index in [1.165, 1.54) is 30.4 Å². The second kappa shape index (κ2) is 5.11. The van der Waals surface area contributed by atoms with Crippen LogP contribution < -0.4 is 10.6 Å². The Hall–Kier alpha value is -1.35. The van der Waals surface area contributed by atoms with Crippen LogP contribution in [0.4, 0.5) is 0 Å². The molecule has 0 saturated carbocycles. The molecule has 94 valence electrons. The Bertz CT molecular complexity index is 467. The molecule has 2 atom stereocenters. The zero-order valence-corrected chi connectivity index (χ0v) is 11.2. The number of nitrogens with one attached hydrogen (secondary N) is 2. The van der Waals surface area contributed by atoms with E-state index in [9.17, 15) is 0 Å². The van der Waals surface area contributed by atoms with E-state index in [-0.39, 0.29) is 0 Å². The molecule has 2 nitrogen and oxygen atoms in total. The molecule has 18 heavy (non-hydrogen) atoms. The van der Waals surface area contributed by atoms with Gasteiger partial charge in [0.2, 0.25) is 0 Å². The molecule has 1 aliphatic heterocycles. The highest BCUT2D eigenvalue weighted by Gasteiger charge is 2.26. The lowest BCUT2D eigenvalue weighted by atomic mass is 9.89. The minimum absolute atomic E-state index is 0.493. The summed E-state index contributed by atoms with van der Waals surface area (Å²) in [7, 11) is 0. The molecule has 2 aliphatic rings. The van der Waals surface area contributed by atoms with Gasteiger partial charge in [-0.3, -0.25) is 0 Å². The van der Waals surface area contributed by atoms with E-state index in [4.69, 9.17) is 12.2 Å². The van der Waals surface area contributed by atoms with Crippen molar-refractivity contribution in [1.29, 1.82) is 0 Å². The summed E-state index contributed by atoms with van der Waals surface area (Å²) in [4.78, 5) is 0. The number of thiocarbonyl (C=S) groups is 1. The zero-order valence-electron chi connectivity index (χ0n) is 10.4. The lowest BCUT2D eigenvalue weighted by molar-refractivity contribution is 0.497. The molecule has 2 unspecified atom stereocenters. The fraction of sp³-hybridized carbons (Fsp3) is 0.400. The Morgan fingerprint density at radius 1 is 1.22 bits per heavy atom. The molecule has 3 rings (SSSR count). The molecule has 1 aromatic rings. The fourth-order valence-corrected chi connectivity index (χ4v) is 3.23. The summed E-state index contributed by atoms with van der Waals surface area (Å²) < 4.78 is 0. The van der Waals surface area contributed by atoms with Crippen molar-refractivity contribution in [2.24, 2.45) is 5.92 Å². The Kier molecular flexibility index (Phi) is 3.33. The van der Waals surface area contributed by atoms with E-state index >= 15 is 0 Å². The Labute approximate surface area is 113 Å². The average Bonchev–Trinajstić information content (AvgIpc) is 3.00. The van der Waals surface area contributed by atoms with Crippen molar-refractivity contribution in [3.63, 3.8) is 0 Å². The Balaban J connectivity index is 1.70. The molecule has 0 aromatic heterocycles. The van der Waals surface area contributed by atoms with Gasteiger partial charge in [0.25, 0.3) is 0 Å². The van der Waals surface area contributed by atoms with Crippen LogP contribution >= 0.6 is 12.2 Å². The van der Waals surface area contributed by atoms with Crippen molar-refractivity contribution < 1.29 is 0 Å². The van der Waals surface area contributed by atoms with E-state index in [0.29, 0.717) is 12.0 Å². The summed E-state index contributed by atoms with van der Waals surface area (Å²) in [6.07, 6.45) is 6.06. The third-order valence-electron chi connectivity index (χ3n) is 3.84. The number of allylic oxidation sites excluding steroid dienone is 2. The fourth-order valence-electron chi connectivity index (χ4n) is 2.98. The average molecular weight is 258 g/mol. The predicted molar refractivity (Wildman–Crippen MR) is 79.3 cm³/mol. The van der Waals surface area contributed by atoms with Gasteiger partial charge in [0.1, 0.15) is 0 Å². The van der Waals surface area contributed by atoms with Crippen molar-refractivity contribution in [3.05, 3.63) is 42.0 Å². The van der Waals surface area contributed by atoms with Crippen molar-refractivity contribution in [2.45, 2.75) is 25.3 Å². The quantitative estimate of drug-likeness (QED) is 0.815. The van der Waals surface area contributed by atoms with Crippen molar-refractivity contribution in [3.8, 4) is 0 Å². The minimum atomic E-state index is 0.493. The zero-order chi connectivity index (χ0) is 12.4. The van der Waals surface area contributed by atoms with Gasteiger partial charge in [0.15, 0.2) is 5.11 Å². The van der Waals surface area contributed by atoms with Gasteiger partial charge in [0, 0.05) is 12.6 Å². The van der Waals surface area contributed by atoms with E-state index < -0.39 is 0 Å². The molecule has 0 bridgehead atoms. The van der Waals surface area contributed by atoms with Crippen molar-refractivity contribution >= 4 is 22.9 Å². The van der Waals surface area contributed by atoms with Crippen LogP contribution in [-0.4, -0.2) is 17.7 Å². The first-order chi connectivity index (χ1) is 8.83. The highest BCUT2D eigenvalue weighted by atomic mass is 32.1. The van der Waals surface area contributed by atoms with E-state index in [1.54, 1.807) is 0 Å². The summed E-state index contributed by atoms with van der Waals surface area (Å²) in [5, 5.41) is 7.35. The summed E-state index contributed by atoms with van der Waals surface area (Å²) in [6.45, 7) is 0.970. The normalized spacial score (nSPS) is 26.7. The van der Waals surface area contributed by atoms with Gasteiger partial charge in [0.05, 0.1) is 0 Å². The van der Waals surface area contributed by atoms with Gasteiger partial charge in [-0.05, 0) is 48.5 Å². The van der Waals surface area contributed by atoms with Crippen LogP contribution in [0.5, 0.6) is 0 Å². The van der Waals surface area contributed by atoms with E-state index in [2.05, 4.69) is 47.0 Å². The van der Waals surface area contributed by atoms with E-state index in [1.807, 2.05) is 0 Å². The SMILES string of the molecule is S=C1NCC(CC2CCC=C2c2ccccc2)N1. The van der Waals surface area contributed by atoms with Gasteiger partial charge in [-0.2, -0.15) is 0 Å². The third kappa shape index (κ3) is 2.41. The van der Waals surface area contributed by atoms with Crippen LogP contribution in [0.15, 0.2) is 36.4 Å². The number of hydrogen-bond donors (Lipinski definition) is 2. The molecule has 1 heterocycles. The van der Waals surface area contributed by atoms with Crippen molar-refractivity contribution in [1.82, 2.24) is 10.6 Å². The monoisotopic (exact) mass is 258 g/mol. The summed E-state index contributed by atoms with van der Waals surface area (Å²) >= 11 is 5.12. The van der Waals surface area contributed by atoms with Crippen LogP contribution in [0.1, 0.15) is 24.8 Å². The van der Waals surface area contributed by atoms with Gasteiger partial charge >= 0.3 is 0 Å². The molecule has 3 heteroatoms. The largest absolute Gasteiger partial charge is 0.361 e. The second-order valence-electron chi connectivity index (χ2n) is 5.09. The molecule has 1 saturated heterocycles. The molecule has 1 aromatic carbocycles. The molecule has 0 amide bonds.